The SMILES string of the molecule is CCCC(NCC(=O)Nc1nnc(C(C)C)o1)C(=O)O. The minimum absolute atomic E-state index is 0.0165. The third-order valence-electron chi connectivity index (χ3n) is 2.57. The van der Waals surface area contributed by atoms with Crippen molar-refractivity contribution in [3.05, 3.63) is 5.89 Å². The summed E-state index contributed by atoms with van der Waals surface area (Å²) in [6.07, 6.45) is 1.17. The van der Waals surface area contributed by atoms with Crippen LogP contribution in [-0.4, -0.2) is 39.8 Å². The topological polar surface area (TPSA) is 117 Å². The molecule has 1 amide bonds. The molecule has 1 aromatic rings. The maximum Gasteiger partial charge on any atom is 0.322 e. The molecule has 0 aliphatic rings. The van der Waals surface area contributed by atoms with Gasteiger partial charge in [-0.05, 0) is 6.42 Å². The predicted octanol–water partition coefficient (Wildman–Crippen LogP) is 0.974. The van der Waals surface area contributed by atoms with Crippen LogP contribution < -0.4 is 10.6 Å². The summed E-state index contributed by atoms with van der Waals surface area (Å²) in [5, 5.41) is 21.5. The summed E-state index contributed by atoms with van der Waals surface area (Å²) in [7, 11) is 0. The number of carbonyl (C=O) groups is 2. The molecule has 112 valence electrons. The van der Waals surface area contributed by atoms with Gasteiger partial charge in [0.15, 0.2) is 0 Å². The van der Waals surface area contributed by atoms with Crippen molar-refractivity contribution in [3.63, 3.8) is 0 Å². The molecule has 1 rings (SSSR count). The Morgan fingerprint density at radius 2 is 2.05 bits per heavy atom. The Bertz CT molecular complexity index is 458. The third-order valence-corrected chi connectivity index (χ3v) is 2.57. The van der Waals surface area contributed by atoms with E-state index in [-0.39, 0.29) is 18.5 Å². The van der Waals surface area contributed by atoms with Crippen molar-refractivity contribution >= 4 is 17.9 Å². The molecule has 1 heterocycles. The highest BCUT2D eigenvalue weighted by Gasteiger charge is 2.18. The van der Waals surface area contributed by atoms with Gasteiger partial charge in [-0.2, -0.15) is 0 Å². The van der Waals surface area contributed by atoms with Crippen molar-refractivity contribution in [1.82, 2.24) is 15.5 Å². The summed E-state index contributed by atoms with van der Waals surface area (Å²) >= 11 is 0. The molecule has 20 heavy (non-hydrogen) atoms. The van der Waals surface area contributed by atoms with Crippen molar-refractivity contribution in [1.29, 1.82) is 0 Å². The van der Waals surface area contributed by atoms with Gasteiger partial charge in [-0.15, -0.1) is 5.10 Å². The second-order valence-corrected chi connectivity index (χ2v) is 4.71. The van der Waals surface area contributed by atoms with Gasteiger partial charge in [0.05, 0.1) is 6.54 Å². The van der Waals surface area contributed by atoms with Gasteiger partial charge in [0, 0.05) is 5.92 Å². The maximum absolute atomic E-state index is 11.6. The van der Waals surface area contributed by atoms with Crippen LogP contribution in [0.3, 0.4) is 0 Å². The summed E-state index contributed by atoms with van der Waals surface area (Å²) in [5.41, 5.74) is 0. The van der Waals surface area contributed by atoms with E-state index in [1.165, 1.54) is 0 Å². The lowest BCUT2D eigenvalue weighted by atomic mass is 10.2. The number of anilines is 1. The maximum atomic E-state index is 11.6. The molecule has 8 nitrogen and oxygen atoms in total. The van der Waals surface area contributed by atoms with Crippen LogP contribution in [0.2, 0.25) is 0 Å². The van der Waals surface area contributed by atoms with E-state index in [0.29, 0.717) is 18.7 Å². The van der Waals surface area contributed by atoms with Gasteiger partial charge in [0.2, 0.25) is 11.8 Å². The number of aliphatic carboxylic acids is 1. The van der Waals surface area contributed by atoms with Gasteiger partial charge in [0.1, 0.15) is 6.04 Å². The molecule has 0 saturated heterocycles. The molecule has 3 N–H and O–H groups in total. The van der Waals surface area contributed by atoms with Gasteiger partial charge in [-0.3, -0.25) is 20.2 Å². The molecular formula is C12H20N4O4. The van der Waals surface area contributed by atoms with Crippen LogP contribution >= 0.6 is 0 Å². The first-order valence-corrected chi connectivity index (χ1v) is 6.53. The first-order chi connectivity index (χ1) is 9.43. The second-order valence-electron chi connectivity index (χ2n) is 4.71. The van der Waals surface area contributed by atoms with Gasteiger partial charge in [-0.1, -0.05) is 32.3 Å². The van der Waals surface area contributed by atoms with E-state index < -0.39 is 17.9 Å². The van der Waals surface area contributed by atoms with Gasteiger partial charge < -0.3 is 9.52 Å². The Morgan fingerprint density at radius 3 is 2.55 bits per heavy atom. The minimum atomic E-state index is -0.973. The van der Waals surface area contributed by atoms with E-state index in [2.05, 4.69) is 20.8 Å². The van der Waals surface area contributed by atoms with Crippen molar-refractivity contribution in [2.24, 2.45) is 0 Å². The average molecular weight is 284 g/mol. The molecule has 0 radical (unpaired) electrons. The summed E-state index contributed by atoms with van der Waals surface area (Å²) in [6.45, 7) is 5.53. The number of nitrogens with zero attached hydrogens (tertiary/aromatic N) is 2. The van der Waals surface area contributed by atoms with Crippen LogP contribution in [0.25, 0.3) is 0 Å². The molecule has 0 spiro atoms. The normalized spacial score (nSPS) is 12.4. The standard InChI is InChI=1S/C12H20N4O4/c1-4-5-8(11(18)19)13-6-9(17)14-12-16-15-10(20-12)7(2)3/h7-8,13H,4-6H2,1-3H3,(H,18,19)(H,14,16,17). The molecule has 0 aliphatic carbocycles. The van der Waals surface area contributed by atoms with Crippen LogP contribution in [0.1, 0.15) is 45.4 Å². The van der Waals surface area contributed by atoms with Crippen LogP contribution in [0.15, 0.2) is 4.42 Å². The number of amides is 1. The Kier molecular flexibility index (Phi) is 6.10. The van der Waals surface area contributed by atoms with Gasteiger partial charge in [0.25, 0.3) is 0 Å². The lowest BCUT2D eigenvalue weighted by Crippen LogP contribution is -2.41. The van der Waals surface area contributed by atoms with Crippen molar-refractivity contribution < 1.29 is 19.1 Å². The molecule has 8 heteroatoms. The quantitative estimate of drug-likeness (QED) is 0.651. The number of rotatable bonds is 8. The van der Waals surface area contributed by atoms with E-state index in [0.717, 1.165) is 0 Å². The van der Waals surface area contributed by atoms with Crippen molar-refractivity contribution in [2.75, 3.05) is 11.9 Å². The fourth-order valence-corrected chi connectivity index (χ4v) is 1.50. The molecule has 0 aliphatic heterocycles. The molecule has 1 aromatic heterocycles. The lowest BCUT2D eigenvalue weighted by Gasteiger charge is -2.12. The summed E-state index contributed by atoms with van der Waals surface area (Å²) < 4.78 is 5.22. The fourth-order valence-electron chi connectivity index (χ4n) is 1.50. The van der Waals surface area contributed by atoms with Crippen LogP contribution in [0.4, 0.5) is 6.01 Å². The van der Waals surface area contributed by atoms with E-state index >= 15 is 0 Å². The number of hydrogen-bond donors (Lipinski definition) is 3. The van der Waals surface area contributed by atoms with E-state index in [1.54, 1.807) is 0 Å². The molecule has 0 aromatic carbocycles. The Labute approximate surface area is 116 Å². The first kappa shape index (κ1) is 16.1. The Morgan fingerprint density at radius 1 is 1.35 bits per heavy atom. The van der Waals surface area contributed by atoms with Gasteiger partial charge >= 0.3 is 12.0 Å². The van der Waals surface area contributed by atoms with Crippen molar-refractivity contribution in [2.45, 2.75) is 45.6 Å². The molecular weight excluding hydrogens is 264 g/mol. The Balaban J connectivity index is 2.44. The number of carbonyl (C=O) groups excluding carboxylic acids is 1. The van der Waals surface area contributed by atoms with Crippen molar-refractivity contribution in [3.8, 4) is 0 Å². The van der Waals surface area contributed by atoms with E-state index in [1.807, 2.05) is 20.8 Å². The Hall–Kier alpha value is -1.96. The predicted molar refractivity (Wildman–Crippen MR) is 71.4 cm³/mol. The molecule has 1 unspecified atom stereocenters. The molecule has 0 fully saturated rings. The summed E-state index contributed by atoms with van der Waals surface area (Å²) in [6, 6.07) is -0.720. The number of hydrogen-bond acceptors (Lipinski definition) is 6. The molecule has 1 atom stereocenters. The van der Waals surface area contributed by atoms with Gasteiger partial charge in [-0.25, -0.2) is 0 Å². The number of carboxylic acid groups (broad SMARTS) is 1. The zero-order chi connectivity index (χ0) is 15.1. The highest BCUT2D eigenvalue weighted by atomic mass is 16.4. The number of carboxylic acids is 1. The number of aromatic nitrogens is 2. The van der Waals surface area contributed by atoms with Crippen LogP contribution in [0.5, 0.6) is 0 Å². The summed E-state index contributed by atoms with van der Waals surface area (Å²) in [4.78, 5) is 22.5. The minimum Gasteiger partial charge on any atom is -0.480 e. The zero-order valence-corrected chi connectivity index (χ0v) is 11.8. The largest absolute Gasteiger partial charge is 0.480 e. The van der Waals surface area contributed by atoms with E-state index in [9.17, 15) is 9.59 Å². The zero-order valence-electron chi connectivity index (χ0n) is 11.8. The number of nitrogens with one attached hydrogen (secondary N) is 2. The second kappa shape index (κ2) is 7.59. The monoisotopic (exact) mass is 284 g/mol. The highest BCUT2D eigenvalue weighted by Crippen LogP contribution is 2.14. The van der Waals surface area contributed by atoms with E-state index in [4.69, 9.17) is 9.52 Å². The summed E-state index contributed by atoms with van der Waals surface area (Å²) in [5.74, 6) is -0.888. The average Bonchev–Trinajstić information content (AvgIpc) is 2.82. The molecule has 0 bridgehead atoms. The fraction of sp³-hybridized carbons (Fsp3) is 0.667. The molecule has 0 saturated carbocycles. The first-order valence-electron chi connectivity index (χ1n) is 6.53. The van der Waals surface area contributed by atoms with Crippen LogP contribution in [-0.2, 0) is 9.59 Å². The lowest BCUT2D eigenvalue weighted by molar-refractivity contribution is -0.139. The smallest absolute Gasteiger partial charge is 0.322 e. The van der Waals surface area contributed by atoms with Crippen LogP contribution in [0, 0.1) is 0 Å². The third kappa shape index (κ3) is 4.96. The highest BCUT2D eigenvalue weighted by molar-refractivity contribution is 5.90.